The number of carbonyl (C=O) groups excluding carboxylic acids is 1. The van der Waals surface area contributed by atoms with Crippen LogP contribution in [0.3, 0.4) is 0 Å². The maximum atomic E-state index is 13.1. The van der Waals surface area contributed by atoms with Crippen molar-refractivity contribution in [2.75, 3.05) is 13.1 Å². The quantitative estimate of drug-likeness (QED) is 0.896. The predicted octanol–water partition coefficient (Wildman–Crippen LogP) is 3.38. The Kier molecular flexibility index (Phi) is 5.44. The van der Waals surface area contributed by atoms with E-state index in [4.69, 9.17) is 5.73 Å². The molecule has 1 aromatic carbocycles. The van der Waals surface area contributed by atoms with E-state index in [2.05, 4.69) is 48.7 Å². The van der Waals surface area contributed by atoms with Crippen LogP contribution in [0.25, 0.3) is 0 Å². The molecule has 3 unspecified atom stereocenters. The third-order valence-electron chi connectivity index (χ3n) is 6.19. The molecule has 26 heavy (non-hydrogen) atoms. The molecular formula is C21H28ClN3O. The summed E-state index contributed by atoms with van der Waals surface area (Å²) in [6.45, 7) is 6.65. The Hall–Kier alpha value is -1.78. The van der Waals surface area contributed by atoms with E-state index in [1.807, 2.05) is 11.0 Å². The van der Waals surface area contributed by atoms with Crippen LogP contribution in [-0.4, -0.2) is 34.5 Å². The average molecular weight is 374 g/mol. The first-order valence-corrected chi connectivity index (χ1v) is 9.30. The Bertz CT molecular complexity index is 786. The van der Waals surface area contributed by atoms with Gasteiger partial charge in [-0.3, -0.25) is 4.79 Å². The van der Waals surface area contributed by atoms with Crippen LogP contribution in [-0.2, 0) is 6.54 Å². The molecule has 0 radical (unpaired) electrons. The summed E-state index contributed by atoms with van der Waals surface area (Å²) in [4.78, 5) is 15.1. The minimum Gasteiger partial charge on any atom is -0.344 e. The van der Waals surface area contributed by atoms with Gasteiger partial charge < -0.3 is 15.2 Å². The molecule has 1 aromatic heterocycles. The number of likely N-dealkylation sites (tertiary alicyclic amines) is 1. The number of fused-ring (bicyclic) bond motifs is 1. The van der Waals surface area contributed by atoms with Gasteiger partial charge in [0.15, 0.2) is 0 Å². The van der Waals surface area contributed by atoms with E-state index in [0.29, 0.717) is 11.8 Å². The third-order valence-corrected chi connectivity index (χ3v) is 6.19. The molecule has 2 fully saturated rings. The fourth-order valence-corrected chi connectivity index (χ4v) is 4.67. The highest BCUT2D eigenvalue weighted by Gasteiger charge is 2.42. The number of halogens is 1. The van der Waals surface area contributed by atoms with Gasteiger partial charge in [0.05, 0.1) is 5.56 Å². The maximum Gasteiger partial charge on any atom is 0.255 e. The van der Waals surface area contributed by atoms with Gasteiger partial charge >= 0.3 is 0 Å². The van der Waals surface area contributed by atoms with Gasteiger partial charge in [0.25, 0.3) is 5.91 Å². The minimum absolute atomic E-state index is 0. The van der Waals surface area contributed by atoms with Crippen molar-refractivity contribution in [1.82, 2.24) is 9.47 Å². The van der Waals surface area contributed by atoms with E-state index in [-0.39, 0.29) is 24.4 Å². The first-order valence-electron chi connectivity index (χ1n) is 9.30. The second kappa shape index (κ2) is 7.45. The van der Waals surface area contributed by atoms with Crippen LogP contribution in [0.15, 0.2) is 36.4 Å². The number of amides is 1. The van der Waals surface area contributed by atoms with Crippen LogP contribution in [0.5, 0.6) is 0 Å². The fourth-order valence-electron chi connectivity index (χ4n) is 4.67. The van der Waals surface area contributed by atoms with Crippen LogP contribution in [0.4, 0.5) is 0 Å². The van der Waals surface area contributed by atoms with Crippen molar-refractivity contribution in [3.05, 3.63) is 58.9 Å². The molecule has 2 aromatic rings. The van der Waals surface area contributed by atoms with Gasteiger partial charge in [-0.05, 0) is 50.2 Å². The summed E-state index contributed by atoms with van der Waals surface area (Å²) in [6.07, 6.45) is 2.28. The van der Waals surface area contributed by atoms with Crippen molar-refractivity contribution in [2.24, 2.45) is 17.6 Å². The van der Waals surface area contributed by atoms with Crippen LogP contribution >= 0.6 is 12.4 Å². The van der Waals surface area contributed by atoms with Crippen molar-refractivity contribution >= 4 is 18.3 Å². The van der Waals surface area contributed by atoms with Crippen LogP contribution < -0.4 is 5.73 Å². The third kappa shape index (κ3) is 3.28. The lowest BCUT2D eigenvalue weighted by atomic mass is 9.98. The summed E-state index contributed by atoms with van der Waals surface area (Å²) in [5, 5.41) is 0. The second-order valence-electron chi connectivity index (χ2n) is 7.73. The smallest absolute Gasteiger partial charge is 0.255 e. The molecule has 1 saturated heterocycles. The molecule has 4 rings (SSSR count). The Morgan fingerprint density at radius 1 is 1.15 bits per heavy atom. The zero-order valence-electron chi connectivity index (χ0n) is 15.5. The van der Waals surface area contributed by atoms with Gasteiger partial charge in [0.1, 0.15) is 0 Å². The molecule has 140 valence electrons. The van der Waals surface area contributed by atoms with Crippen molar-refractivity contribution in [2.45, 2.75) is 39.3 Å². The van der Waals surface area contributed by atoms with Gasteiger partial charge in [0, 0.05) is 37.1 Å². The number of hydrogen-bond donors (Lipinski definition) is 1. The van der Waals surface area contributed by atoms with Crippen molar-refractivity contribution < 1.29 is 4.79 Å². The Balaban J connectivity index is 0.00000196. The largest absolute Gasteiger partial charge is 0.344 e. The highest BCUT2D eigenvalue weighted by molar-refractivity contribution is 5.96. The Morgan fingerprint density at radius 2 is 1.88 bits per heavy atom. The van der Waals surface area contributed by atoms with Gasteiger partial charge in [-0.15, -0.1) is 12.4 Å². The van der Waals surface area contributed by atoms with Gasteiger partial charge in [-0.25, -0.2) is 0 Å². The lowest BCUT2D eigenvalue weighted by Crippen LogP contribution is -2.33. The number of rotatable bonds is 3. The van der Waals surface area contributed by atoms with E-state index in [0.717, 1.165) is 43.0 Å². The highest BCUT2D eigenvalue weighted by Crippen LogP contribution is 2.37. The monoisotopic (exact) mass is 373 g/mol. The van der Waals surface area contributed by atoms with Crippen LogP contribution in [0, 0.1) is 25.7 Å². The van der Waals surface area contributed by atoms with Crippen molar-refractivity contribution in [3.8, 4) is 0 Å². The Labute approximate surface area is 161 Å². The normalized spacial score (nSPS) is 24.4. The number of carbonyl (C=O) groups is 1. The van der Waals surface area contributed by atoms with Crippen LogP contribution in [0.1, 0.15) is 40.2 Å². The first-order chi connectivity index (χ1) is 12.0. The summed E-state index contributed by atoms with van der Waals surface area (Å²) >= 11 is 0. The molecule has 1 aliphatic heterocycles. The van der Waals surface area contributed by atoms with E-state index in [1.54, 1.807) is 0 Å². The topological polar surface area (TPSA) is 51.3 Å². The Morgan fingerprint density at radius 3 is 2.58 bits per heavy atom. The predicted molar refractivity (Wildman–Crippen MR) is 107 cm³/mol. The molecule has 5 heteroatoms. The van der Waals surface area contributed by atoms with E-state index in [9.17, 15) is 4.79 Å². The molecule has 0 bridgehead atoms. The van der Waals surface area contributed by atoms with E-state index in [1.165, 1.54) is 12.0 Å². The zero-order chi connectivity index (χ0) is 17.6. The SMILES string of the molecule is Cc1cc(C(=O)N2CC3CCC(N)C3C2)c(C)n1Cc1ccccc1.Cl. The highest BCUT2D eigenvalue weighted by atomic mass is 35.5. The van der Waals surface area contributed by atoms with E-state index < -0.39 is 0 Å². The summed E-state index contributed by atoms with van der Waals surface area (Å²) in [5.74, 6) is 1.28. The summed E-state index contributed by atoms with van der Waals surface area (Å²) < 4.78 is 2.24. The molecular weight excluding hydrogens is 346 g/mol. The van der Waals surface area contributed by atoms with Crippen LogP contribution in [0.2, 0.25) is 0 Å². The molecule has 3 atom stereocenters. The summed E-state index contributed by atoms with van der Waals surface area (Å²) in [5.41, 5.74) is 10.5. The molecule has 1 saturated carbocycles. The number of aryl methyl sites for hydroxylation is 1. The minimum atomic E-state index is 0. The lowest BCUT2D eigenvalue weighted by molar-refractivity contribution is 0.0778. The number of nitrogens with zero attached hydrogens (tertiary/aromatic N) is 2. The molecule has 2 heterocycles. The standard InChI is InChI=1S/C21H27N3O.ClH/c1-14-10-18(15(2)24(14)11-16-6-4-3-5-7-16)21(25)23-12-17-8-9-20(22)19(17)13-23;/h3-7,10,17,19-20H,8-9,11-13,22H2,1-2H3;1H. The summed E-state index contributed by atoms with van der Waals surface area (Å²) in [7, 11) is 0. The molecule has 0 spiro atoms. The molecule has 2 aliphatic rings. The molecule has 2 N–H and O–H groups in total. The zero-order valence-corrected chi connectivity index (χ0v) is 16.3. The maximum absolute atomic E-state index is 13.1. The van der Waals surface area contributed by atoms with E-state index >= 15 is 0 Å². The van der Waals surface area contributed by atoms with Gasteiger partial charge in [0.2, 0.25) is 0 Å². The average Bonchev–Trinajstić information content (AvgIpc) is 3.26. The first kappa shape index (κ1) is 19.0. The van der Waals surface area contributed by atoms with Crippen molar-refractivity contribution in [3.63, 3.8) is 0 Å². The van der Waals surface area contributed by atoms with Gasteiger partial charge in [-0.1, -0.05) is 30.3 Å². The number of hydrogen-bond acceptors (Lipinski definition) is 2. The summed E-state index contributed by atoms with van der Waals surface area (Å²) in [6, 6.07) is 12.7. The van der Waals surface area contributed by atoms with Crippen molar-refractivity contribution in [1.29, 1.82) is 0 Å². The van der Waals surface area contributed by atoms with Gasteiger partial charge in [-0.2, -0.15) is 0 Å². The molecule has 1 aliphatic carbocycles. The number of aromatic nitrogens is 1. The lowest BCUT2D eigenvalue weighted by Gasteiger charge is -2.19. The molecule has 1 amide bonds. The fraction of sp³-hybridized carbons (Fsp3) is 0.476. The second-order valence-corrected chi connectivity index (χ2v) is 7.73. The number of nitrogens with two attached hydrogens (primary N) is 1. The number of benzene rings is 1. The molecule has 4 nitrogen and oxygen atoms in total.